The Labute approximate surface area is 158 Å². The molecule has 8 heteroatoms. The maximum atomic E-state index is 14.5. The number of H-pyrrole nitrogens is 1. The molecule has 1 atom stereocenters. The summed E-state index contributed by atoms with van der Waals surface area (Å²) < 4.78 is 19.5. The largest absolute Gasteiger partial charge is 0.434 e. The Bertz CT molecular complexity index is 784. The second kappa shape index (κ2) is 8.68. The number of nitrogens with two attached hydrogens (primary N) is 1. The van der Waals surface area contributed by atoms with E-state index in [0.29, 0.717) is 29.5 Å². The van der Waals surface area contributed by atoms with Gasteiger partial charge in [0.05, 0.1) is 0 Å². The fraction of sp³-hybridized carbons (Fsp3) is 0.556. The van der Waals surface area contributed by atoms with Crippen LogP contribution in [0.1, 0.15) is 45.1 Å². The number of hydrogen-bond donors (Lipinski definition) is 3. The van der Waals surface area contributed by atoms with Gasteiger partial charge < -0.3 is 15.5 Å². The molecule has 144 valence electrons. The number of rotatable bonds is 5. The molecule has 0 aliphatic heterocycles. The maximum Gasteiger partial charge on any atom is 0.434 e. The van der Waals surface area contributed by atoms with Crippen LogP contribution in [0, 0.1) is 11.7 Å². The Hall–Kier alpha value is -1.86. The third kappa shape index (κ3) is 4.45. The van der Waals surface area contributed by atoms with Crippen molar-refractivity contribution in [2.45, 2.75) is 58.0 Å². The van der Waals surface area contributed by atoms with Crippen molar-refractivity contribution in [3.8, 4) is 11.5 Å². The second-order valence-electron chi connectivity index (χ2n) is 6.86. The van der Waals surface area contributed by atoms with Crippen molar-refractivity contribution in [3.63, 3.8) is 0 Å². The van der Waals surface area contributed by atoms with Gasteiger partial charge in [-0.3, -0.25) is 0 Å². The van der Waals surface area contributed by atoms with E-state index in [1.54, 1.807) is 6.07 Å². The van der Waals surface area contributed by atoms with Gasteiger partial charge in [0.25, 0.3) is 0 Å². The summed E-state index contributed by atoms with van der Waals surface area (Å²) in [5.74, 6) is -0.382. The standard InChI is InChI=1S/C18H25FN4O2.ClH/c1-3-14-15(19)8-12(17-22-23-18(24)25-17)9-16(14)21-10(2)11-4-6-13(20)7-5-11;/h8-11,13,21H,3-7,20H2,1-2H3,(H,23,24);1H/t10-,11?,13?;/m0./s1. The predicted octanol–water partition coefficient (Wildman–Crippen LogP) is 3.47. The lowest BCUT2D eigenvalue weighted by Gasteiger charge is -2.32. The number of aromatic amines is 1. The third-order valence-electron chi connectivity index (χ3n) is 5.14. The molecule has 26 heavy (non-hydrogen) atoms. The zero-order valence-electron chi connectivity index (χ0n) is 15.0. The van der Waals surface area contributed by atoms with Crippen molar-refractivity contribution in [2.75, 3.05) is 5.32 Å². The van der Waals surface area contributed by atoms with Gasteiger partial charge in [-0.2, -0.15) is 0 Å². The van der Waals surface area contributed by atoms with Gasteiger partial charge in [-0.15, -0.1) is 17.5 Å². The Morgan fingerprint density at radius 1 is 1.38 bits per heavy atom. The molecule has 1 aliphatic rings. The van der Waals surface area contributed by atoms with Crippen LogP contribution in [-0.2, 0) is 6.42 Å². The molecule has 1 aromatic heterocycles. The molecular formula is C18H26ClFN4O2. The van der Waals surface area contributed by atoms with Crippen molar-refractivity contribution in [3.05, 3.63) is 34.1 Å². The smallest absolute Gasteiger partial charge is 0.388 e. The van der Waals surface area contributed by atoms with Gasteiger partial charge in [-0.05, 0) is 57.1 Å². The first-order chi connectivity index (χ1) is 12.0. The highest BCUT2D eigenvalue weighted by Crippen LogP contribution is 2.31. The lowest BCUT2D eigenvalue weighted by Crippen LogP contribution is -2.34. The monoisotopic (exact) mass is 384 g/mol. The molecule has 0 spiro atoms. The van der Waals surface area contributed by atoms with Crippen LogP contribution in [0.2, 0.25) is 0 Å². The minimum atomic E-state index is -0.656. The first-order valence-corrected chi connectivity index (χ1v) is 8.88. The van der Waals surface area contributed by atoms with E-state index < -0.39 is 5.76 Å². The Morgan fingerprint density at radius 3 is 2.65 bits per heavy atom. The van der Waals surface area contributed by atoms with E-state index in [-0.39, 0.29) is 30.2 Å². The van der Waals surface area contributed by atoms with Crippen LogP contribution in [0.5, 0.6) is 0 Å². The first-order valence-electron chi connectivity index (χ1n) is 8.88. The molecule has 1 fully saturated rings. The molecule has 2 aromatic rings. The van der Waals surface area contributed by atoms with Crippen molar-refractivity contribution in [1.29, 1.82) is 0 Å². The number of nitrogens with zero attached hydrogens (tertiary/aromatic N) is 1. The van der Waals surface area contributed by atoms with Crippen LogP contribution >= 0.6 is 12.4 Å². The van der Waals surface area contributed by atoms with Crippen LogP contribution in [0.25, 0.3) is 11.5 Å². The second-order valence-corrected chi connectivity index (χ2v) is 6.86. The maximum absolute atomic E-state index is 14.5. The lowest BCUT2D eigenvalue weighted by molar-refractivity contribution is 0.302. The van der Waals surface area contributed by atoms with Gasteiger partial charge in [0.1, 0.15) is 5.82 Å². The summed E-state index contributed by atoms with van der Waals surface area (Å²) in [4.78, 5) is 11.2. The summed E-state index contributed by atoms with van der Waals surface area (Å²) in [5, 5.41) is 9.46. The number of halogens is 2. The van der Waals surface area contributed by atoms with E-state index in [1.165, 1.54) is 6.07 Å². The molecule has 1 heterocycles. The van der Waals surface area contributed by atoms with Gasteiger partial charge in [-0.25, -0.2) is 14.3 Å². The van der Waals surface area contributed by atoms with Crippen LogP contribution in [0.3, 0.4) is 0 Å². The van der Waals surface area contributed by atoms with Crippen molar-refractivity contribution >= 4 is 18.1 Å². The molecule has 3 rings (SSSR count). The van der Waals surface area contributed by atoms with Crippen LogP contribution in [0.4, 0.5) is 10.1 Å². The van der Waals surface area contributed by atoms with E-state index in [9.17, 15) is 9.18 Å². The average Bonchev–Trinajstić information content (AvgIpc) is 3.01. The molecule has 0 unspecified atom stereocenters. The number of anilines is 1. The summed E-state index contributed by atoms with van der Waals surface area (Å²) in [7, 11) is 0. The van der Waals surface area contributed by atoms with E-state index >= 15 is 0 Å². The summed E-state index contributed by atoms with van der Waals surface area (Å²) >= 11 is 0. The van der Waals surface area contributed by atoms with Crippen LogP contribution < -0.4 is 16.8 Å². The highest BCUT2D eigenvalue weighted by Gasteiger charge is 2.24. The van der Waals surface area contributed by atoms with Gasteiger partial charge in [0.2, 0.25) is 5.89 Å². The molecule has 1 aromatic carbocycles. The molecule has 4 N–H and O–H groups in total. The highest BCUT2D eigenvalue weighted by atomic mass is 35.5. The molecule has 0 bridgehead atoms. The predicted molar refractivity (Wildman–Crippen MR) is 102 cm³/mol. The Morgan fingerprint density at radius 2 is 2.08 bits per heavy atom. The average molecular weight is 385 g/mol. The Kier molecular flexibility index (Phi) is 6.83. The minimum Gasteiger partial charge on any atom is -0.388 e. The van der Waals surface area contributed by atoms with E-state index in [0.717, 1.165) is 31.4 Å². The number of hydrogen-bond acceptors (Lipinski definition) is 5. The van der Waals surface area contributed by atoms with Crippen LogP contribution in [-0.4, -0.2) is 22.3 Å². The molecule has 6 nitrogen and oxygen atoms in total. The van der Waals surface area contributed by atoms with Gasteiger partial charge in [-0.1, -0.05) is 6.92 Å². The fourth-order valence-electron chi connectivity index (χ4n) is 3.61. The minimum absolute atomic E-state index is 0. The molecular weight excluding hydrogens is 359 g/mol. The van der Waals surface area contributed by atoms with Gasteiger partial charge >= 0.3 is 5.76 Å². The molecule has 0 amide bonds. The molecule has 0 saturated heterocycles. The summed E-state index contributed by atoms with van der Waals surface area (Å²) in [6, 6.07) is 3.66. The van der Waals surface area contributed by atoms with Crippen molar-refractivity contribution < 1.29 is 8.81 Å². The topological polar surface area (TPSA) is 96.9 Å². The molecule has 0 radical (unpaired) electrons. The number of nitrogens with one attached hydrogen (secondary N) is 2. The lowest BCUT2D eigenvalue weighted by atomic mass is 9.82. The summed E-state index contributed by atoms with van der Waals surface area (Å²) in [6.07, 6.45) is 4.79. The number of benzene rings is 1. The van der Waals surface area contributed by atoms with Crippen LogP contribution in [0.15, 0.2) is 21.3 Å². The van der Waals surface area contributed by atoms with E-state index in [2.05, 4.69) is 22.4 Å². The zero-order valence-corrected chi connectivity index (χ0v) is 15.9. The van der Waals surface area contributed by atoms with E-state index in [1.807, 2.05) is 6.92 Å². The van der Waals surface area contributed by atoms with Crippen molar-refractivity contribution in [2.24, 2.45) is 11.7 Å². The highest BCUT2D eigenvalue weighted by molar-refractivity contribution is 5.85. The summed E-state index contributed by atoms with van der Waals surface area (Å²) in [6.45, 7) is 4.04. The third-order valence-corrected chi connectivity index (χ3v) is 5.14. The summed E-state index contributed by atoms with van der Waals surface area (Å²) in [5.41, 5.74) is 7.78. The first kappa shape index (κ1) is 20.5. The quantitative estimate of drug-likeness (QED) is 0.733. The Balaban J connectivity index is 0.00000243. The van der Waals surface area contributed by atoms with Crippen molar-refractivity contribution in [1.82, 2.24) is 10.2 Å². The number of aromatic nitrogens is 2. The zero-order chi connectivity index (χ0) is 18.0. The SMILES string of the molecule is CCc1c(F)cc(-c2n[nH]c(=O)o2)cc1N[C@@H](C)C1CCC(N)CC1.Cl. The van der Waals surface area contributed by atoms with Gasteiger partial charge in [0, 0.05) is 28.9 Å². The normalized spacial score (nSPS) is 21.1. The fourth-order valence-corrected chi connectivity index (χ4v) is 3.61. The van der Waals surface area contributed by atoms with E-state index in [4.69, 9.17) is 10.2 Å². The molecule has 1 saturated carbocycles. The van der Waals surface area contributed by atoms with Gasteiger partial charge in [0.15, 0.2) is 0 Å². The molecule has 1 aliphatic carbocycles.